The molecule has 4 heteroatoms. The van der Waals surface area contributed by atoms with Gasteiger partial charge in [-0.05, 0) is 31.1 Å². The van der Waals surface area contributed by atoms with Crippen molar-refractivity contribution in [2.24, 2.45) is 5.41 Å². The number of hydrogen-bond acceptors (Lipinski definition) is 4. The predicted octanol–water partition coefficient (Wildman–Crippen LogP) is 1.44. The fraction of sp³-hybridized carbons (Fsp3) is 0.917. The van der Waals surface area contributed by atoms with Crippen LogP contribution in [0.1, 0.15) is 39.5 Å². The molecule has 2 aliphatic rings. The average Bonchev–Trinajstić information content (AvgIpc) is 2.67. The van der Waals surface area contributed by atoms with E-state index in [-0.39, 0.29) is 17.7 Å². The smallest absolute Gasteiger partial charge is 0.325 e. The Hall–Kier alpha value is -0.610. The van der Waals surface area contributed by atoms with Gasteiger partial charge in [0, 0.05) is 0 Å². The third-order valence-corrected chi connectivity index (χ3v) is 3.86. The van der Waals surface area contributed by atoms with E-state index in [1.807, 2.05) is 0 Å². The zero-order valence-corrected chi connectivity index (χ0v) is 10.3. The summed E-state index contributed by atoms with van der Waals surface area (Å²) in [6, 6.07) is -0.286. The van der Waals surface area contributed by atoms with Gasteiger partial charge in [-0.15, -0.1) is 0 Å². The Labute approximate surface area is 96.7 Å². The van der Waals surface area contributed by atoms with E-state index in [4.69, 9.17) is 9.47 Å². The number of methoxy groups -OCH3 is 1. The van der Waals surface area contributed by atoms with Gasteiger partial charge >= 0.3 is 5.97 Å². The third kappa shape index (κ3) is 2.23. The van der Waals surface area contributed by atoms with Crippen molar-refractivity contribution >= 4 is 5.97 Å². The van der Waals surface area contributed by atoms with Gasteiger partial charge in [0.1, 0.15) is 11.8 Å². The highest BCUT2D eigenvalue weighted by atomic mass is 16.5. The number of carbonyl (C=O) groups is 1. The summed E-state index contributed by atoms with van der Waals surface area (Å²) >= 11 is 0. The Morgan fingerprint density at radius 2 is 1.94 bits per heavy atom. The van der Waals surface area contributed by atoms with Crippen molar-refractivity contribution in [2.45, 2.75) is 51.3 Å². The molecule has 0 bridgehead atoms. The second kappa shape index (κ2) is 4.00. The molecule has 2 fully saturated rings. The molecule has 0 aromatic carbocycles. The number of esters is 1. The van der Waals surface area contributed by atoms with Gasteiger partial charge in [-0.3, -0.25) is 10.1 Å². The highest BCUT2D eigenvalue weighted by Crippen LogP contribution is 2.42. The molecule has 1 aliphatic carbocycles. The summed E-state index contributed by atoms with van der Waals surface area (Å²) in [5.74, 6) is -0.221. The first-order valence-electron chi connectivity index (χ1n) is 5.96. The summed E-state index contributed by atoms with van der Waals surface area (Å²) in [7, 11) is 1.42. The van der Waals surface area contributed by atoms with Crippen molar-refractivity contribution in [3.8, 4) is 0 Å². The van der Waals surface area contributed by atoms with Crippen LogP contribution in [0.2, 0.25) is 0 Å². The lowest BCUT2D eigenvalue weighted by Gasteiger charge is -2.40. The van der Waals surface area contributed by atoms with Crippen LogP contribution in [-0.2, 0) is 14.3 Å². The minimum atomic E-state index is -0.286. The molecule has 1 N–H and O–H groups in total. The molecule has 1 saturated heterocycles. The van der Waals surface area contributed by atoms with E-state index in [1.165, 1.54) is 7.11 Å². The topological polar surface area (TPSA) is 47.6 Å². The van der Waals surface area contributed by atoms with Gasteiger partial charge in [0.05, 0.1) is 13.7 Å². The highest BCUT2D eigenvalue weighted by Gasteiger charge is 2.46. The van der Waals surface area contributed by atoms with E-state index in [9.17, 15) is 4.79 Å². The number of carbonyl (C=O) groups excluding carboxylic acids is 1. The minimum absolute atomic E-state index is 0.221. The minimum Gasteiger partial charge on any atom is -0.468 e. The molecule has 16 heavy (non-hydrogen) atoms. The molecule has 0 amide bonds. The summed E-state index contributed by atoms with van der Waals surface area (Å²) in [5, 5.41) is 3.30. The second-order valence-electron chi connectivity index (χ2n) is 5.69. The maximum atomic E-state index is 11.4. The molecule has 0 aromatic heterocycles. The van der Waals surface area contributed by atoms with Crippen molar-refractivity contribution in [1.82, 2.24) is 5.32 Å². The first-order valence-corrected chi connectivity index (χ1v) is 5.96. The van der Waals surface area contributed by atoms with Crippen molar-refractivity contribution in [2.75, 3.05) is 13.7 Å². The standard InChI is InChI=1S/C12H21NO3/c1-11(2)4-6-12(7-5-11)13-9(8-16-12)10(14)15-3/h9,13H,4-8H2,1-3H3. The molecule has 1 heterocycles. The molecule has 2 rings (SSSR count). The number of rotatable bonds is 1. The molecule has 1 unspecified atom stereocenters. The molecular formula is C12H21NO3. The molecule has 92 valence electrons. The van der Waals surface area contributed by atoms with E-state index >= 15 is 0 Å². The molecule has 1 atom stereocenters. The first kappa shape index (κ1) is 11.9. The second-order valence-corrected chi connectivity index (χ2v) is 5.69. The lowest BCUT2D eigenvalue weighted by molar-refractivity contribution is -0.142. The Balaban J connectivity index is 1.95. The van der Waals surface area contributed by atoms with Crippen molar-refractivity contribution < 1.29 is 14.3 Å². The molecule has 0 radical (unpaired) electrons. The van der Waals surface area contributed by atoms with Crippen LogP contribution in [0, 0.1) is 5.41 Å². The predicted molar refractivity (Wildman–Crippen MR) is 59.9 cm³/mol. The van der Waals surface area contributed by atoms with Crippen LogP contribution in [0.4, 0.5) is 0 Å². The largest absolute Gasteiger partial charge is 0.468 e. The van der Waals surface area contributed by atoms with Crippen LogP contribution >= 0.6 is 0 Å². The third-order valence-electron chi connectivity index (χ3n) is 3.86. The number of hydrogen-bond donors (Lipinski definition) is 1. The number of ether oxygens (including phenoxy) is 2. The quantitative estimate of drug-likeness (QED) is 0.689. The molecule has 1 spiro atoms. The summed E-state index contributed by atoms with van der Waals surface area (Å²) in [6.07, 6.45) is 4.22. The van der Waals surface area contributed by atoms with E-state index < -0.39 is 0 Å². The molecule has 0 aromatic rings. The van der Waals surface area contributed by atoms with Crippen LogP contribution in [0.3, 0.4) is 0 Å². The highest BCUT2D eigenvalue weighted by molar-refractivity contribution is 5.76. The summed E-state index contributed by atoms with van der Waals surface area (Å²) in [4.78, 5) is 11.4. The molecular weight excluding hydrogens is 206 g/mol. The van der Waals surface area contributed by atoms with Gasteiger partial charge in [0.25, 0.3) is 0 Å². The zero-order chi connectivity index (χ0) is 11.8. The van der Waals surface area contributed by atoms with Crippen LogP contribution in [0.5, 0.6) is 0 Å². The maximum absolute atomic E-state index is 11.4. The van der Waals surface area contributed by atoms with E-state index in [0.29, 0.717) is 12.0 Å². The van der Waals surface area contributed by atoms with Crippen LogP contribution in [0.25, 0.3) is 0 Å². The molecule has 1 aliphatic heterocycles. The van der Waals surface area contributed by atoms with Gasteiger partial charge in [-0.1, -0.05) is 13.8 Å². The van der Waals surface area contributed by atoms with Gasteiger partial charge in [-0.25, -0.2) is 0 Å². The molecule has 4 nitrogen and oxygen atoms in total. The first-order chi connectivity index (χ1) is 7.46. The summed E-state index contributed by atoms with van der Waals surface area (Å²) in [6.45, 7) is 5.01. The van der Waals surface area contributed by atoms with Crippen LogP contribution in [-0.4, -0.2) is 31.5 Å². The summed E-state index contributed by atoms with van der Waals surface area (Å²) < 4.78 is 10.5. The lowest BCUT2D eigenvalue weighted by Crippen LogP contribution is -2.50. The zero-order valence-electron chi connectivity index (χ0n) is 10.3. The Morgan fingerprint density at radius 3 is 2.50 bits per heavy atom. The van der Waals surface area contributed by atoms with Crippen LogP contribution in [0.15, 0.2) is 0 Å². The van der Waals surface area contributed by atoms with E-state index in [1.54, 1.807) is 0 Å². The van der Waals surface area contributed by atoms with Crippen molar-refractivity contribution in [3.05, 3.63) is 0 Å². The number of nitrogens with one attached hydrogen (secondary N) is 1. The van der Waals surface area contributed by atoms with E-state index in [0.717, 1.165) is 25.7 Å². The van der Waals surface area contributed by atoms with Gasteiger partial charge in [-0.2, -0.15) is 0 Å². The Kier molecular flexibility index (Phi) is 2.97. The molecule has 1 saturated carbocycles. The lowest BCUT2D eigenvalue weighted by atomic mass is 9.74. The fourth-order valence-corrected chi connectivity index (χ4v) is 2.53. The Morgan fingerprint density at radius 1 is 1.31 bits per heavy atom. The van der Waals surface area contributed by atoms with Crippen LogP contribution < -0.4 is 5.32 Å². The summed E-state index contributed by atoms with van der Waals surface area (Å²) in [5.41, 5.74) is 0.133. The van der Waals surface area contributed by atoms with Crippen molar-refractivity contribution in [1.29, 1.82) is 0 Å². The normalized spacial score (nSPS) is 31.6. The van der Waals surface area contributed by atoms with Crippen molar-refractivity contribution in [3.63, 3.8) is 0 Å². The fourth-order valence-electron chi connectivity index (χ4n) is 2.53. The van der Waals surface area contributed by atoms with E-state index in [2.05, 4.69) is 19.2 Å². The SMILES string of the molecule is COC(=O)C1COC2(CCC(C)(C)CC2)N1. The van der Waals surface area contributed by atoms with Gasteiger partial charge in [0.15, 0.2) is 0 Å². The average molecular weight is 227 g/mol. The monoisotopic (exact) mass is 227 g/mol. The van der Waals surface area contributed by atoms with Gasteiger partial charge in [0.2, 0.25) is 0 Å². The maximum Gasteiger partial charge on any atom is 0.325 e. The van der Waals surface area contributed by atoms with Gasteiger partial charge < -0.3 is 9.47 Å². The Bertz CT molecular complexity index is 278.